The average Bonchev–Trinajstić information content (AvgIpc) is 1.97. The summed E-state index contributed by atoms with van der Waals surface area (Å²) in [6, 6.07) is 0. The van der Waals surface area contributed by atoms with Gasteiger partial charge in [0.1, 0.15) is 6.10 Å². The minimum Gasteiger partial charge on any atom is -0.388 e. The molecule has 0 saturated heterocycles. The minimum absolute atomic E-state index is 0.528. The standard InChI is InChI=1S/C8H18O3/c1-3-4-5-6-11-8(10)7(2)9/h7-10H,3-6H2,1-2H3. The van der Waals surface area contributed by atoms with Crippen molar-refractivity contribution < 1.29 is 14.9 Å². The first kappa shape index (κ1) is 10.9. The molecule has 0 aromatic rings. The highest BCUT2D eigenvalue weighted by Crippen LogP contribution is 1.99. The van der Waals surface area contributed by atoms with E-state index in [1.807, 2.05) is 0 Å². The molecule has 2 N–H and O–H groups in total. The molecule has 0 rings (SSSR count). The Morgan fingerprint density at radius 3 is 2.36 bits per heavy atom. The fourth-order valence-corrected chi connectivity index (χ4v) is 0.695. The third-order valence-electron chi connectivity index (χ3n) is 1.45. The first-order chi connectivity index (χ1) is 5.18. The van der Waals surface area contributed by atoms with Gasteiger partial charge < -0.3 is 14.9 Å². The Labute approximate surface area is 68.0 Å². The maximum atomic E-state index is 8.95. The molecule has 0 aromatic carbocycles. The average molecular weight is 162 g/mol. The summed E-state index contributed by atoms with van der Waals surface area (Å²) in [7, 11) is 0. The van der Waals surface area contributed by atoms with E-state index < -0.39 is 12.4 Å². The lowest BCUT2D eigenvalue weighted by molar-refractivity contribution is -0.156. The minimum atomic E-state index is -1.02. The van der Waals surface area contributed by atoms with E-state index in [1.54, 1.807) is 0 Å². The van der Waals surface area contributed by atoms with E-state index in [-0.39, 0.29) is 0 Å². The molecular weight excluding hydrogens is 144 g/mol. The number of hydrogen-bond donors (Lipinski definition) is 2. The molecule has 0 radical (unpaired) electrons. The molecule has 0 aliphatic heterocycles. The van der Waals surface area contributed by atoms with Crippen LogP contribution in [0.5, 0.6) is 0 Å². The van der Waals surface area contributed by atoms with E-state index in [2.05, 4.69) is 6.92 Å². The maximum Gasteiger partial charge on any atom is 0.180 e. The Morgan fingerprint density at radius 1 is 1.27 bits per heavy atom. The van der Waals surface area contributed by atoms with Crippen LogP contribution in [0.1, 0.15) is 33.1 Å². The predicted molar refractivity (Wildman–Crippen MR) is 43.2 cm³/mol. The zero-order valence-electron chi connectivity index (χ0n) is 7.29. The van der Waals surface area contributed by atoms with E-state index in [9.17, 15) is 0 Å². The summed E-state index contributed by atoms with van der Waals surface area (Å²) in [6.45, 7) is 4.13. The Bertz CT molecular complexity index is 83.4. The summed E-state index contributed by atoms with van der Waals surface area (Å²) in [5.74, 6) is 0. The second kappa shape index (κ2) is 6.58. The Morgan fingerprint density at radius 2 is 1.91 bits per heavy atom. The Kier molecular flexibility index (Phi) is 6.51. The summed E-state index contributed by atoms with van der Waals surface area (Å²) in [6.07, 6.45) is 1.37. The summed E-state index contributed by atoms with van der Waals surface area (Å²) < 4.78 is 4.91. The summed E-state index contributed by atoms with van der Waals surface area (Å²) in [5.41, 5.74) is 0. The lowest BCUT2D eigenvalue weighted by Crippen LogP contribution is -2.25. The SMILES string of the molecule is CCCCCOC(O)C(C)O. The number of ether oxygens (including phenoxy) is 1. The van der Waals surface area contributed by atoms with Gasteiger partial charge in [-0.3, -0.25) is 0 Å². The van der Waals surface area contributed by atoms with Crippen molar-refractivity contribution in [3.63, 3.8) is 0 Å². The van der Waals surface area contributed by atoms with E-state index in [0.717, 1.165) is 19.3 Å². The molecule has 2 unspecified atom stereocenters. The van der Waals surface area contributed by atoms with E-state index in [1.165, 1.54) is 6.92 Å². The molecule has 0 amide bonds. The fourth-order valence-electron chi connectivity index (χ4n) is 0.695. The van der Waals surface area contributed by atoms with E-state index >= 15 is 0 Å². The van der Waals surface area contributed by atoms with E-state index in [4.69, 9.17) is 14.9 Å². The molecule has 0 saturated carbocycles. The fraction of sp³-hybridized carbons (Fsp3) is 1.00. The van der Waals surface area contributed by atoms with Crippen LogP contribution in [0.25, 0.3) is 0 Å². The largest absolute Gasteiger partial charge is 0.388 e. The van der Waals surface area contributed by atoms with E-state index in [0.29, 0.717) is 6.61 Å². The number of unbranched alkanes of at least 4 members (excludes halogenated alkanes) is 2. The second-order valence-corrected chi connectivity index (χ2v) is 2.71. The van der Waals surface area contributed by atoms with Gasteiger partial charge in [-0.15, -0.1) is 0 Å². The highest BCUT2D eigenvalue weighted by atomic mass is 16.6. The molecule has 0 aromatic heterocycles. The third kappa shape index (κ3) is 6.28. The summed E-state index contributed by atoms with van der Waals surface area (Å²) in [4.78, 5) is 0. The molecule has 3 nitrogen and oxygen atoms in total. The Hall–Kier alpha value is -0.120. The van der Waals surface area contributed by atoms with Gasteiger partial charge in [-0.2, -0.15) is 0 Å². The summed E-state index contributed by atoms with van der Waals surface area (Å²) in [5, 5.41) is 17.8. The molecule has 68 valence electrons. The van der Waals surface area contributed by atoms with Gasteiger partial charge in [0.05, 0.1) is 0 Å². The molecule has 0 aliphatic rings. The number of rotatable bonds is 6. The van der Waals surface area contributed by atoms with Gasteiger partial charge in [0.2, 0.25) is 0 Å². The molecule has 0 fully saturated rings. The van der Waals surface area contributed by atoms with Gasteiger partial charge >= 0.3 is 0 Å². The number of aliphatic hydroxyl groups is 2. The zero-order valence-corrected chi connectivity index (χ0v) is 7.29. The van der Waals surface area contributed by atoms with Crippen molar-refractivity contribution in [2.45, 2.75) is 45.5 Å². The van der Waals surface area contributed by atoms with Crippen molar-refractivity contribution in [3.05, 3.63) is 0 Å². The maximum absolute atomic E-state index is 8.95. The molecule has 0 aliphatic carbocycles. The van der Waals surface area contributed by atoms with Crippen LogP contribution in [-0.2, 0) is 4.74 Å². The van der Waals surface area contributed by atoms with Crippen LogP contribution in [0.4, 0.5) is 0 Å². The second-order valence-electron chi connectivity index (χ2n) is 2.71. The molecule has 2 atom stereocenters. The van der Waals surface area contributed by atoms with Gasteiger partial charge in [-0.1, -0.05) is 19.8 Å². The highest BCUT2D eigenvalue weighted by molar-refractivity contribution is 4.48. The van der Waals surface area contributed by atoms with Crippen molar-refractivity contribution in [1.82, 2.24) is 0 Å². The van der Waals surface area contributed by atoms with Crippen LogP contribution < -0.4 is 0 Å². The lowest BCUT2D eigenvalue weighted by atomic mass is 10.3. The van der Waals surface area contributed by atoms with Crippen molar-refractivity contribution in [2.24, 2.45) is 0 Å². The smallest absolute Gasteiger partial charge is 0.180 e. The number of hydrogen-bond acceptors (Lipinski definition) is 3. The van der Waals surface area contributed by atoms with Crippen molar-refractivity contribution in [3.8, 4) is 0 Å². The Balaban J connectivity index is 3.10. The molecule has 3 heteroatoms. The van der Waals surface area contributed by atoms with Crippen LogP contribution in [-0.4, -0.2) is 29.2 Å². The summed E-state index contributed by atoms with van der Waals surface area (Å²) >= 11 is 0. The first-order valence-electron chi connectivity index (χ1n) is 4.16. The molecule has 0 heterocycles. The van der Waals surface area contributed by atoms with Gasteiger partial charge in [0.15, 0.2) is 6.29 Å². The van der Waals surface area contributed by atoms with Crippen LogP contribution in [0.2, 0.25) is 0 Å². The quantitative estimate of drug-likeness (QED) is 0.450. The predicted octanol–water partition coefficient (Wildman–Crippen LogP) is 0.892. The topological polar surface area (TPSA) is 49.7 Å². The molecule has 0 bridgehead atoms. The zero-order chi connectivity index (χ0) is 8.69. The molecule has 11 heavy (non-hydrogen) atoms. The van der Waals surface area contributed by atoms with Crippen molar-refractivity contribution >= 4 is 0 Å². The van der Waals surface area contributed by atoms with Gasteiger partial charge in [-0.25, -0.2) is 0 Å². The van der Waals surface area contributed by atoms with Gasteiger partial charge in [0, 0.05) is 6.61 Å². The molecular formula is C8H18O3. The van der Waals surface area contributed by atoms with Gasteiger partial charge in [-0.05, 0) is 13.3 Å². The normalized spacial score (nSPS) is 16.4. The number of aliphatic hydroxyl groups excluding tert-OH is 2. The third-order valence-corrected chi connectivity index (χ3v) is 1.45. The first-order valence-corrected chi connectivity index (χ1v) is 4.16. The monoisotopic (exact) mass is 162 g/mol. The molecule has 0 spiro atoms. The van der Waals surface area contributed by atoms with Crippen LogP contribution in [0.15, 0.2) is 0 Å². The van der Waals surface area contributed by atoms with Crippen LogP contribution >= 0.6 is 0 Å². The van der Waals surface area contributed by atoms with Crippen LogP contribution in [0.3, 0.4) is 0 Å². The van der Waals surface area contributed by atoms with Crippen molar-refractivity contribution in [1.29, 1.82) is 0 Å². The van der Waals surface area contributed by atoms with Crippen LogP contribution in [0, 0.1) is 0 Å². The van der Waals surface area contributed by atoms with Gasteiger partial charge in [0.25, 0.3) is 0 Å². The lowest BCUT2D eigenvalue weighted by Gasteiger charge is -2.13. The van der Waals surface area contributed by atoms with Crippen molar-refractivity contribution in [2.75, 3.05) is 6.61 Å². The highest BCUT2D eigenvalue weighted by Gasteiger charge is 2.09.